The fraction of sp³-hybridized carbons (Fsp3) is 0.227. The summed E-state index contributed by atoms with van der Waals surface area (Å²) in [4.78, 5) is 30.0. The molecule has 1 heterocycles. The van der Waals surface area contributed by atoms with Gasteiger partial charge in [0.1, 0.15) is 10.7 Å². The zero-order valence-corrected chi connectivity index (χ0v) is 20.5. The molecule has 0 aliphatic carbocycles. The molecule has 3 rings (SSSR count). The van der Waals surface area contributed by atoms with E-state index in [2.05, 4.69) is 10.3 Å². The van der Waals surface area contributed by atoms with Gasteiger partial charge in [0, 0.05) is 16.3 Å². The van der Waals surface area contributed by atoms with Gasteiger partial charge in [-0.3, -0.25) is 9.59 Å². The number of halogens is 2. The maximum Gasteiger partial charge on any atom is 0.306 e. The highest BCUT2D eigenvalue weighted by atomic mass is 35.5. The van der Waals surface area contributed by atoms with E-state index in [1.807, 2.05) is 38.1 Å². The summed E-state index contributed by atoms with van der Waals surface area (Å²) in [5, 5.41) is 4.15. The van der Waals surface area contributed by atoms with Crippen LogP contribution in [0, 0.1) is 0 Å². The van der Waals surface area contributed by atoms with Crippen LogP contribution in [0.25, 0.3) is 0 Å². The molecule has 0 aliphatic heterocycles. The standard InChI is InChI=1S/C22H21Cl2N3O3S2/c1-12(2)30-17(28)10-11-31-14-8-6-13(7-9-14)26-22-27-21(25)20(32-22)19(29)18-15(23)4-3-5-16(18)24/h3-9,12H,10-11,25H2,1-2H3,(H,26,27). The second kappa shape index (κ2) is 11.0. The lowest BCUT2D eigenvalue weighted by Gasteiger charge is -2.08. The van der Waals surface area contributed by atoms with E-state index in [1.165, 1.54) is 0 Å². The number of carbonyl (C=O) groups excluding carboxylic acids is 2. The van der Waals surface area contributed by atoms with Crippen molar-refractivity contribution in [3.63, 3.8) is 0 Å². The number of aromatic nitrogens is 1. The summed E-state index contributed by atoms with van der Waals surface area (Å²) in [7, 11) is 0. The molecule has 3 N–H and O–H groups in total. The van der Waals surface area contributed by atoms with E-state index < -0.39 is 0 Å². The molecule has 0 radical (unpaired) electrons. The Hall–Kier alpha value is -2.26. The van der Waals surface area contributed by atoms with Crippen LogP contribution in [0.2, 0.25) is 10.0 Å². The van der Waals surface area contributed by atoms with Crippen molar-refractivity contribution in [2.24, 2.45) is 0 Å². The van der Waals surface area contributed by atoms with Gasteiger partial charge in [-0.15, -0.1) is 11.8 Å². The Morgan fingerprint density at radius 3 is 2.44 bits per heavy atom. The summed E-state index contributed by atoms with van der Waals surface area (Å²) >= 11 is 15.0. The van der Waals surface area contributed by atoms with Gasteiger partial charge in [0.2, 0.25) is 5.78 Å². The zero-order valence-electron chi connectivity index (χ0n) is 17.4. The van der Waals surface area contributed by atoms with Gasteiger partial charge in [0.05, 0.1) is 28.1 Å². The predicted molar refractivity (Wildman–Crippen MR) is 133 cm³/mol. The van der Waals surface area contributed by atoms with E-state index in [-0.39, 0.29) is 44.2 Å². The van der Waals surface area contributed by atoms with Crippen molar-refractivity contribution in [3.05, 3.63) is 63.0 Å². The molecule has 3 aromatic rings. The molecule has 0 atom stereocenters. The third-order valence-corrected chi connectivity index (χ3v) is 6.73. The highest BCUT2D eigenvalue weighted by Gasteiger charge is 2.22. The smallest absolute Gasteiger partial charge is 0.306 e. The Labute approximate surface area is 204 Å². The number of carbonyl (C=O) groups is 2. The Balaban J connectivity index is 1.62. The van der Waals surface area contributed by atoms with Crippen LogP contribution >= 0.6 is 46.3 Å². The zero-order chi connectivity index (χ0) is 23.3. The summed E-state index contributed by atoms with van der Waals surface area (Å²) < 4.78 is 5.13. The van der Waals surface area contributed by atoms with E-state index in [1.54, 1.807) is 30.0 Å². The SMILES string of the molecule is CC(C)OC(=O)CCSc1ccc(Nc2nc(N)c(C(=O)c3c(Cl)cccc3Cl)s2)cc1. The van der Waals surface area contributed by atoms with Crippen molar-refractivity contribution >= 4 is 74.7 Å². The van der Waals surface area contributed by atoms with Crippen LogP contribution in [0.3, 0.4) is 0 Å². The first-order chi connectivity index (χ1) is 15.2. The van der Waals surface area contributed by atoms with E-state index >= 15 is 0 Å². The van der Waals surface area contributed by atoms with Gasteiger partial charge in [-0.25, -0.2) is 4.98 Å². The second-order valence-electron chi connectivity index (χ2n) is 6.95. The van der Waals surface area contributed by atoms with Gasteiger partial charge >= 0.3 is 5.97 Å². The van der Waals surface area contributed by atoms with Crippen LogP contribution in [-0.2, 0) is 9.53 Å². The molecule has 32 heavy (non-hydrogen) atoms. The summed E-state index contributed by atoms with van der Waals surface area (Å²) in [6.45, 7) is 3.66. The molecule has 1 aromatic heterocycles. The van der Waals surface area contributed by atoms with Crippen molar-refractivity contribution in [3.8, 4) is 0 Å². The van der Waals surface area contributed by atoms with Crippen LogP contribution in [-0.4, -0.2) is 28.6 Å². The highest BCUT2D eigenvalue weighted by Crippen LogP contribution is 2.34. The minimum atomic E-state index is -0.369. The molecule has 0 fully saturated rings. The number of rotatable bonds is 9. The molecular formula is C22H21Cl2N3O3S2. The first-order valence-corrected chi connectivity index (χ1v) is 12.2. The predicted octanol–water partition coefficient (Wildman–Crippen LogP) is 6.44. The molecule has 0 spiro atoms. The number of nitrogens with one attached hydrogen (secondary N) is 1. The van der Waals surface area contributed by atoms with Crippen LogP contribution in [0.4, 0.5) is 16.6 Å². The van der Waals surface area contributed by atoms with Crippen molar-refractivity contribution in [1.82, 2.24) is 4.98 Å². The number of nitrogens with zero attached hydrogens (tertiary/aromatic N) is 1. The van der Waals surface area contributed by atoms with Crippen LogP contribution < -0.4 is 11.1 Å². The minimum absolute atomic E-state index is 0.102. The molecule has 2 aromatic carbocycles. The Bertz CT molecular complexity index is 1100. The molecule has 0 saturated carbocycles. The molecule has 0 aliphatic rings. The van der Waals surface area contributed by atoms with Crippen LogP contribution in [0.5, 0.6) is 0 Å². The van der Waals surface area contributed by atoms with E-state index in [0.717, 1.165) is 21.9 Å². The van der Waals surface area contributed by atoms with Crippen molar-refractivity contribution in [2.45, 2.75) is 31.3 Å². The number of nitrogens with two attached hydrogens (primary N) is 1. The average Bonchev–Trinajstić information content (AvgIpc) is 3.08. The molecule has 10 heteroatoms. The maximum atomic E-state index is 12.9. The molecule has 0 amide bonds. The minimum Gasteiger partial charge on any atom is -0.463 e. The van der Waals surface area contributed by atoms with Crippen molar-refractivity contribution in [1.29, 1.82) is 0 Å². The summed E-state index contributed by atoms with van der Waals surface area (Å²) in [6, 6.07) is 12.5. The monoisotopic (exact) mass is 509 g/mol. The van der Waals surface area contributed by atoms with Gasteiger partial charge < -0.3 is 15.8 Å². The first-order valence-electron chi connectivity index (χ1n) is 9.69. The lowest BCUT2D eigenvalue weighted by atomic mass is 10.1. The van der Waals surface area contributed by atoms with Gasteiger partial charge in [-0.2, -0.15) is 0 Å². The number of thiazole rings is 1. The normalized spacial score (nSPS) is 10.9. The third-order valence-electron chi connectivity index (χ3n) is 4.10. The average molecular weight is 510 g/mol. The fourth-order valence-corrected chi connectivity index (χ4v) is 4.96. The number of thioether (sulfide) groups is 1. The summed E-state index contributed by atoms with van der Waals surface area (Å²) in [5.41, 5.74) is 6.97. The number of anilines is 3. The van der Waals surface area contributed by atoms with E-state index in [4.69, 9.17) is 33.7 Å². The lowest BCUT2D eigenvalue weighted by Crippen LogP contribution is -2.11. The van der Waals surface area contributed by atoms with E-state index in [0.29, 0.717) is 17.3 Å². The van der Waals surface area contributed by atoms with Gasteiger partial charge in [-0.1, -0.05) is 40.6 Å². The number of hydrogen-bond acceptors (Lipinski definition) is 8. The molecular weight excluding hydrogens is 489 g/mol. The quantitative estimate of drug-likeness (QED) is 0.194. The second-order valence-corrected chi connectivity index (χ2v) is 9.93. The first kappa shape index (κ1) is 24.4. The van der Waals surface area contributed by atoms with Crippen LogP contribution in [0.15, 0.2) is 47.4 Å². The number of esters is 1. The number of hydrogen-bond donors (Lipinski definition) is 2. The van der Waals surface area contributed by atoms with Crippen molar-refractivity contribution < 1.29 is 14.3 Å². The van der Waals surface area contributed by atoms with Gasteiger partial charge in [-0.05, 0) is 50.2 Å². The highest BCUT2D eigenvalue weighted by molar-refractivity contribution is 7.99. The fourth-order valence-electron chi connectivity index (χ4n) is 2.71. The third kappa shape index (κ3) is 6.38. The molecule has 0 unspecified atom stereocenters. The lowest BCUT2D eigenvalue weighted by molar-refractivity contribution is -0.146. The van der Waals surface area contributed by atoms with E-state index in [9.17, 15) is 9.59 Å². The number of ketones is 1. The Morgan fingerprint density at radius 1 is 1.16 bits per heavy atom. The summed E-state index contributed by atoms with van der Waals surface area (Å²) in [6.07, 6.45) is 0.253. The molecule has 0 saturated heterocycles. The Morgan fingerprint density at radius 2 is 1.81 bits per heavy atom. The Kier molecular flexibility index (Phi) is 8.42. The molecule has 168 valence electrons. The number of benzene rings is 2. The molecule has 0 bridgehead atoms. The summed E-state index contributed by atoms with van der Waals surface area (Å²) in [5.74, 6) is 0.179. The maximum absolute atomic E-state index is 12.9. The topological polar surface area (TPSA) is 94.3 Å². The van der Waals surface area contributed by atoms with Crippen molar-refractivity contribution in [2.75, 3.05) is 16.8 Å². The van der Waals surface area contributed by atoms with Crippen LogP contribution in [0.1, 0.15) is 35.5 Å². The number of nitrogen functional groups attached to an aromatic ring is 1. The number of ether oxygens (including phenoxy) is 1. The van der Waals surface area contributed by atoms with Gasteiger partial charge in [0.15, 0.2) is 5.13 Å². The molecule has 6 nitrogen and oxygen atoms in total. The van der Waals surface area contributed by atoms with Gasteiger partial charge in [0.25, 0.3) is 0 Å². The largest absolute Gasteiger partial charge is 0.463 e.